The number of halogens is 2. The molecule has 0 aromatic heterocycles. The van der Waals surface area contributed by atoms with Crippen LogP contribution in [-0.4, -0.2) is 51.4 Å². The van der Waals surface area contributed by atoms with Crippen LogP contribution < -0.4 is 14.4 Å². The standard InChI is InChI=1S/C30H35ClFN3O5S/c1-4-6-18-33-30(37)28(5-2)34(20-22-10-12-24(32)13-11-22)29(36)21-35(25-9-7-8-23(31)19-25)41(38,39)27-16-14-26(40-3)15-17-27/h7-17,19,28H,4-6,18,20-21H2,1-3H3,(H,33,37)/t28-/m0/s1. The minimum atomic E-state index is -4.25. The van der Waals surface area contributed by atoms with Crippen molar-refractivity contribution in [2.45, 2.75) is 50.6 Å². The Morgan fingerprint density at radius 2 is 1.71 bits per heavy atom. The summed E-state index contributed by atoms with van der Waals surface area (Å²) in [4.78, 5) is 28.5. The molecule has 0 saturated carbocycles. The number of amides is 2. The van der Waals surface area contributed by atoms with Gasteiger partial charge in [0.25, 0.3) is 10.0 Å². The van der Waals surface area contributed by atoms with Gasteiger partial charge in [0, 0.05) is 18.1 Å². The van der Waals surface area contributed by atoms with Crippen LogP contribution in [0, 0.1) is 5.82 Å². The molecule has 0 radical (unpaired) electrons. The van der Waals surface area contributed by atoms with Crippen LogP contribution in [0.25, 0.3) is 0 Å². The highest BCUT2D eigenvalue weighted by molar-refractivity contribution is 7.92. The number of benzene rings is 3. The normalized spacial score (nSPS) is 11.9. The number of carbonyl (C=O) groups is 2. The minimum Gasteiger partial charge on any atom is -0.497 e. The van der Waals surface area contributed by atoms with E-state index in [4.69, 9.17) is 16.3 Å². The molecule has 11 heteroatoms. The molecule has 3 aromatic rings. The van der Waals surface area contributed by atoms with Crippen molar-refractivity contribution in [3.8, 4) is 5.75 Å². The molecule has 0 fully saturated rings. The predicted octanol–water partition coefficient (Wildman–Crippen LogP) is 5.41. The Hall–Kier alpha value is -3.63. The Balaban J connectivity index is 2.03. The zero-order valence-electron chi connectivity index (χ0n) is 23.3. The fourth-order valence-electron chi connectivity index (χ4n) is 4.25. The summed E-state index contributed by atoms with van der Waals surface area (Å²) < 4.78 is 47.5. The zero-order valence-corrected chi connectivity index (χ0v) is 24.9. The summed E-state index contributed by atoms with van der Waals surface area (Å²) in [6.07, 6.45) is 1.94. The maximum absolute atomic E-state index is 14.0. The van der Waals surface area contributed by atoms with E-state index >= 15 is 0 Å². The van der Waals surface area contributed by atoms with Crippen LogP contribution >= 0.6 is 11.6 Å². The smallest absolute Gasteiger partial charge is 0.264 e. The van der Waals surface area contributed by atoms with Gasteiger partial charge < -0.3 is 15.0 Å². The largest absolute Gasteiger partial charge is 0.497 e. The molecule has 2 amide bonds. The first-order valence-corrected chi connectivity index (χ1v) is 15.2. The van der Waals surface area contributed by atoms with Gasteiger partial charge in [-0.2, -0.15) is 0 Å². The summed E-state index contributed by atoms with van der Waals surface area (Å²) in [5.74, 6) is -0.916. The van der Waals surface area contributed by atoms with Crippen molar-refractivity contribution in [3.63, 3.8) is 0 Å². The molecule has 8 nitrogen and oxygen atoms in total. The molecular formula is C30H35ClFN3O5S. The van der Waals surface area contributed by atoms with E-state index in [1.807, 2.05) is 6.92 Å². The number of hydrogen-bond acceptors (Lipinski definition) is 5. The molecule has 0 aliphatic heterocycles. The van der Waals surface area contributed by atoms with Crippen molar-refractivity contribution in [2.24, 2.45) is 0 Å². The second-order valence-corrected chi connectivity index (χ2v) is 11.7. The Bertz CT molecular complexity index is 1420. The Labute approximate surface area is 246 Å². The van der Waals surface area contributed by atoms with Gasteiger partial charge in [-0.05, 0) is 73.0 Å². The van der Waals surface area contributed by atoms with Crippen LogP contribution in [0.2, 0.25) is 5.02 Å². The SMILES string of the molecule is CCCCNC(=O)[C@H](CC)N(Cc1ccc(F)cc1)C(=O)CN(c1cccc(Cl)c1)S(=O)(=O)c1ccc(OC)cc1. The van der Waals surface area contributed by atoms with Gasteiger partial charge in [0.05, 0.1) is 17.7 Å². The van der Waals surface area contributed by atoms with Crippen molar-refractivity contribution >= 4 is 39.1 Å². The third kappa shape index (κ3) is 8.43. The molecule has 41 heavy (non-hydrogen) atoms. The van der Waals surface area contributed by atoms with Gasteiger partial charge in [-0.3, -0.25) is 13.9 Å². The molecule has 0 spiro atoms. The first-order valence-electron chi connectivity index (χ1n) is 13.3. The van der Waals surface area contributed by atoms with E-state index in [1.165, 1.54) is 66.6 Å². The molecule has 0 aliphatic rings. The summed E-state index contributed by atoms with van der Waals surface area (Å²) >= 11 is 6.20. The van der Waals surface area contributed by atoms with E-state index in [1.54, 1.807) is 25.1 Å². The number of hydrogen-bond donors (Lipinski definition) is 1. The molecule has 1 N–H and O–H groups in total. The number of ether oxygens (including phenoxy) is 1. The van der Waals surface area contributed by atoms with E-state index in [-0.39, 0.29) is 34.5 Å². The lowest BCUT2D eigenvalue weighted by molar-refractivity contribution is -0.140. The van der Waals surface area contributed by atoms with Crippen LogP contribution in [0.3, 0.4) is 0 Å². The average molecular weight is 604 g/mol. The first kappa shape index (κ1) is 31.9. The summed E-state index contributed by atoms with van der Waals surface area (Å²) in [6.45, 7) is 3.60. The quantitative estimate of drug-likeness (QED) is 0.249. The van der Waals surface area contributed by atoms with E-state index in [9.17, 15) is 22.4 Å². The molecule has 0 bridgehead atoms. The first-order chi connectivity index (χ1) is 19.6. The number of sulfonamides is 1. The number of carbonyl (C=O) groups excluding carboxylic acids is 2. The number of unbranched alkanes of at least 4 members (excludes halogenated alkanes) is 1. The van der Waals surface area contributed by atoms with E-state index in [2.05, 4.69) is 5.32 Å². The second-order valence-electron chi connectivity index (χ2n) is 9.38. The van der Waals surface area contributed by atoms with Crippen molar-refractivity contribution in [2.75, 3.05) is 24.5 Å². The minimum absolute atomic E-state index is 0.0230. The highest BCUT2D eigenvalue weighted by atomic mass is 35.5. The van der Waals surface area contributed by atoms with Crippen molar-refractivity contribution in [1.29, 1.82) is 0 Å². The predicted molar refractivity (Wildman–Crippen MR) is 158 cm³/mol. The monoisotopic (exact) mass is 603 g/mol. The maximum atomic E-state index is 14.0. The molecule has 1 atom stereocenters. The van der Waals surface area contributed by atoms with Gasteiger partial charge in [-0.25, -0.2) is 12.8 Å². The number of methoxy groups -OCH3 is 1. The Morgan fingerprint density at radius 1 is 1.02 bits per heavy atom. The van der Waals surface area contributed by atoms with Gasteiger partial charge in [-0.1, -0.05) is 50.1 Å². The number of rotatable bonds is 14. The van der Waals surface area contributed by atoms with Gasteiger partial charge in [-0.15, -0.1) is 0 Å². The highest BCUT2D eigenvalue weighted by Crippen LogP contribution is 2.28. The molecule has 0 unspecified atom stereocenters. The second kappa shape index (κ2) is 14.8. The van der Waals surface area contributed by atoms with Crippen LogP contribution in [-0.2, 0) is 26.2 Å². The molecule has 0 saturated heterocycles. The Morgan fingerprint density at radius 3 is 2.29 bits per heavy atom. The summed E-state index contributed by atoms with van der Waals surface area (Å²) in [6, 6.07) is 16.7. The van der Waals surface area contributed by atoms with Crippen LogP contribution in [0.5, 0.6) is 5.75 Å². The van der Waals surface area contributed by atoms with E-state index in [0.717, 1.165) is 17.1 Å². The molecule has 0 aliphatic carbocycles. The molecule has 220 valence electrons. The lowest BCUT2D eigenvalue weighted by Crippen LogP contribution is -2.52. The van der Waals surface area contributed by atoms with Crippen LogP contribution in [0.4, 0.5) is 10.1 Å². The van der Waals surface area contributed by atoms with Gasteiger partial charge >= 0.3 is 0 Å². The van der Waals surface area contributed by atoms with Gasteiger partial charge in [0.15, 0.2) is 0 Å². The number of anilines is 1. The third-order valence-corrected chi connectivity index (χ3v) is 8.53. The summed E-state index contributed by atoms with van der Waals surface area (Å²) in [7, 11) is -2.78. The molecular weight excluding hydrogens is 569 g/mol. The fraction of sp³-hybridized carbons (Fsp3) is 0.333. The molecule has 0 heterocycles. The summed E-state index contributed by atoms with van der Waals surface area (Å²) in [5, 5.41) is 3.16. The zero-order chi connectivity index (χ0) is 30.0. The van der Waals surface area contributed by atoms with Crippen molar-refractivity contribution < 1.29 is 27.1 Å². The lowest BCUT2D eigenvalue weighted by atomic mass is 10.1. The van der Waals surface area contributed by atoms with Crippen LogP contribution in [0.1, 0.15) is 38.7 Å². The number of nitrogens with zero attached hydrogens (tertiary/aromatic N) is 2. The maximum Gasteiger partial charge on any atom is 0.264 e. The highest BCUT2D eigenvalue weighted by Gasteiger charge is 2.33. The Kier molecular flexibility index (Phi) is 11.5. The van der Waals surface area contributed by atoms with E-state index in [0.29, 0.717) is 17.9 Å². The van der Waals surface area contributed by atoms with Crippen molar-refractivity contribution in [1.82, 2.24) is 10.2 Å². The van der Waals surface area contributed by atoms with Crippen LogP contribution in [0.15, 0.2) is 77.7 Å². The lowest BCUT2D eigenvalue weighted by Gasteiger charge is -2.33. The van der Waals surface area contributed by atoms with Gasteiger partial charge in [0.1, 0.15) is 24.2 Å². The fourth-order valence-corrected chi connectivity index (χ4v) is 5.84. The van der Waals surface area contributed by atoms with E-state index < -0.39 is 34.3 Å². The molecule has 3 rings (SSSR count). The average Bonchev–Trinajstić information content (AvgIpc) is 2.96. The van der Waals surface area contributed by atoms with Crippen molar-refractivity contribution in [3.05, 3.63) is 89.2 Å². The van der Waals surface area contributed by atoms with Gasteiger partial charge in [0.2, 0.25) is 11.8 Å². The number of nitrogens with one attached hydrogen (secondary N) is 1. The third-order valence-electron chi connectivity index (χ3n) is 6.50. The topological polar surface area (TPSA) is 96.0 Å². The summed E-state index contributed by atoms with van der Waals surface area (Å²) in [5.41, 5.74) is 0.774. The molecule has 3 aromatic carbocycles.